The average molecular weight is 667 g/mol. The van der Waals surface area contributed by atoms with E-state index in [1.807, 2.05) is 0 Å². The van der Waals surface area contributed by atoms with Gasteiger partial charge in [-0.15, -0.1) is 0 Å². The highest BCUT2D eigenvalue weighted by Crippen LogP contribution is 2.33. The molecule has 20 atom stereocenters. The molecule has 0 radical (unpaired) electrons. The van der Waals surface area contributed by atoms with E-state index in [1.54, 1.807) is 0 Å². The minimum Gasteiger partial charge on any atom is -0.394 e. The van der Waals surface area contributed by atoms with E-state index in [4.69, 9.17) is 33.2 Å². The van der Waals surface area contributed by atoms with Crippen molar-refractivity contribution in [3.63, 3.8) is 0 Å². The van der Waals surface area contributed by atoms with Crippen LogP contribution in [0.15, 0.2) is 0 Å². The highest BCUT2D eigenvalue weighted by molar-refractivity contribution is 4.97. The van der Waals surface area contributed by atoms with E-state index in [2.05, 4.69) is 0 Å². The van der Waals surface area contributed by atoms with E-state index in [-0.39, 0.29) is 0 Å². The summed E-state index contributed by atoms with van der Waals surface area (Å²) in [6.45, 7) is -3.36. The van der Waals surface area contributed by atoms with Crippen molar-refractivity contribution in [1.29, 1.82) is 0 Å². The molecule has 264 valence electrons. The van der Waals surface area contributed by atoms with Crippen molar-refractivity contribution >= 4 is 0 Å². The van der Waals surface area contributed by atoms with Gasteiger partial charge in [0.1, 0.15) is 97.7 Å². The lowest BCUT2D eigenvalue weighted by atomic mass is 9.96. The second-order valence-electron chi connectivity index (χ2n) is 11.1. The predicted octanol–water partition coefficient (Wildman–Crippen LogP) is -9.75. The number of aliphatic hydroxyl groups is 14. The van der Waals surface area contributed by atoms with Crippen LogP contribution in [0.25, 0.3) is 0 Å². The Kier molecular flexibility index (Phi) is 12.8. The molecule has 4 rings (SSSR count). The van der Waals surface area contributed by atoms with Crippen molar-refractivity contribution < 1.29 is 105 Å². The number of hydrogen-bond donors (Lipinski definition) is 14. The Balaban J connectivity index is 1.42. The van der Waals surface area contributed by atoms with Gasteiger partial charge >= 0.3 is 0 Å². The molecule has 4 fully saturated rings. The van der Waals surface area contributed by atoms with Gasteiger partial charge in [-0.3, -0.25) is 0 Å². The van der Waals surface area contributed by atoms with Gasteiger partial charge in [0, 0.05) is 0 Å². The van der Waals surface area contributed by atoms with Gasteiger partial charge in [0.25, 0.3) is 0 Å². The molecule has 0 aromatic heterocycles. The van der Waals surface area contributed by atoms with Gasteiger partial charge in [-0.05, 0) is 0 Å². The van der Waals surface area contributed by atoms with Crippen molar-refractivity contribution in [2.24, 2.45) is 0 Å². The summed E-state index contributed by atoms with van der Waals surface area (Å²) in [7, 11) is 0. The second-order valence-corrected chi connectivity index (χ2v) is 11.1. The standard InChI is InChI=1S/C24H42O21/c25-1-5-9(29)11(31)15(35)21(39-5)43-19-7(3-27)41-22(17(37)13(19)33)44-20-8(4-28)42-24(18(38)14(20)34)45-23-16(36)12(32)10(30)6(2-26)40-23/h5-38H,1-4H2/t5-,6-,7-,8-,9-,10-,11+,12+,13-,14-,15-,16-,17-,18-,19-,20-,21-,22-,23+,24-/m1/s1. The van der Waals surface area contributed by atoms with Crippen molar-refractivity contribution in [1.82, 2.24) is 0 Å². The first kappa shape index (κ1) is 37.0. The molecule has 0 bridgehead atoms. The van der Waals surface area contributed by atoms with E-state index in [9.17, 15) is 71.5 Å². The average Bonchev–Trinajstić information content (AvgIpc) is 3.03. The number of ether oxygens (including phenoxy) is 7. The Labute approximate surface area is 254 Å². The smallest absolute Gasteiger partial charge is 0.189 e. The predicted molar refractivity (Wildman–Crippen MR) is 134 cm³/mol. The Morgan fingerprint density at radius 2 is 0.578 bits per heavy atom. The first-order valence-electron chi connectivity index (χ1n) is 14.1. The largest absolute Gasteiger partial charge is 0.394 e. The highest BCUT2D eigenvalue weighted by atomic mass is 16.8. The minimum atomic E-state index is -2.02. The Hall–Kier alpha value is -0.840. The molecule has 4 saturated heterocycles. The summed E-state index contributed by atoms with van der Waals surface area (Å²) in [6, 6.07) is 0. The fourth-order valence-electron chi connectivity index (χ4n) is 5.47. The molecule has 0 aromatic carbocycles. The lowest BCUT2D eigenvalue weighted by Crippen LogP contribution is -2.67. The fourth-order valence-corrected chi connectivity index (χ4v) is 5.47. The third kappa shape index (κ3) is 7.44. The summed E-state index contributed by atoms with van der Waals surface area (Å²) >= 11 is 0. The molecule has 21 nitrogen and oxygen atoms in total. The summed E-state index contributed by atoms with van der Waals surface area (Å²) in [5.41, 5.74) is 0. The number of rotatable bonds is 10. The van der Waals surface area contributed by atoms with E-state index in [0.717, 1.165) is 0 Å². The van der Waals surface area contributed by atoms with Gasteiger partial charge in [0.05, 0.1) is 26.4 Å². The van der Waals surface area contributed by atoms with Crippen LogP contribution >= 0.6 is 0 Å². The number of aliphatic hydroxyl groups excluding tert-OH is 14. The molecule has 4 heterocycles. The molecule has 21 heteroatoms. The van der Waals surface area contributed by atoms with Crippen LogP contribution in [0.4, 0.5) is 0 Å². The molecule has 0 saturated carbocycles. The monoisotopic (exact) mass is 666 g/mol. The maximum Gasteiger partial charge on any atom is 0.189 e. The Morgan fingerprint density at radius 3 is 0.889 bits per heavy atom. The third-order valence-electron chi connectivity index (χ3n) is 8.19. The first-order chi connectivity index (χ1) is 21.3. The molecule has 0 unspecified atom stereocenters. The fraction of sp³-hybridized carbons (Fsp3) is 1.00. The summed E-state index contributed by atoms with van der Waals surface area (Å²) < 4.78 is 37.8. The van der Waals surface area contributed by atoms with Crippen LogP contribution in [0.5, 0.6) is 0 Å². The molecule has 4 aliphatic rings. The molecule has 45 heavy (non-hydrogen) atoms. The van der Waals surface area contributed by atoms with Crippen molar-refractivity contribution in [2.75, 3.05) is 26.4 Å². The summed E-state index contributed by atoms with van der Waals surface area (Å²) in [4.78, 5) is 0. The highest BCUT2D eigenvalue weighted by Gasteiger charge is 2.54. The van der Waals surface area contributed by atoms with Gasteiger partial charge in [0.2, 0.25) is 0 Å². The Bertz CT molecular complexity index is 910. The second kappa shape index (κ2) is 15.6. The van der Waals surface area contributed by atoms with Crippen molar-refractivity contribution in [2.45, 2.75) is 123 Å². The maximum absolute atomic E-state index is 10.8. The van der Waals surface area contributed by atoms with Crippen LogP contribution in [0.1, 0.15) is 0 Å². The van der Waals surface area contributed by atoms with Crippen LogP contribution in [-0.4, -0.2) is 221 Å². The maximum atomic E-state index is 10.8. The summed E-state index contributed by atoms with van der Waals surface area (Å²) in [5, 5.41) is 142. The molecular formula is C24H42O21. The third-order valence-corrected chi connectivity index (χ3v) is 8.19. The first-order valence-corrected chi connectivity index (χ1v) is 14.1. The van der Waals surface area contributed by atoms with Gasteiger partial charge in [0.15, 0.2) is 25.2 Å². The molecule has 0 amide bonds. The lowest BCUT2D eigenvalue weighted by molar-refractivity contribution is -0.397. The summed E-state index contributed by atoms with van der Waals surface area (Å²) in [6.07, 6.45) is -35.3. The van der Waals surface area contributed by atoms with E-state index >= 15 is 0 Å². The van der Waals surface area contributed by atoms with Crippen LogP contribution in [0, 0.1) is 0 Å². The van der Waals surface area contributed by atoms with Gasteiger partial charge in [-0.1, -0.05) is 0 Å². The zero-order chi connectivity index (χ0) is 33.3. The normalized spacial score (nSPS) is 52.9. The van der Waals surface area contributed by atoms with Crippen molar-refractivity contribution in [3.05, 3.63) is 0 Å². The number of hydrogen-bond acceptors (Lipinski definition) is 21. The van der Waals surface area contributed by atoms with Gasteiger partial charge in [-0.2, -0.15) is 0 Å². The topological polar surface area (TPSA) is 348 Å². The van der Waals surface area contributed by atoms with Gasteiger partial charge < -0.3 is 105 Å². The van der Waals surface area contributed by atoms with Gasteiger partial charge in [-0.25, -0.2) is 0 Å². The molecule has 0 spiro atoms. The van der Waals surface area contributed by atoms with Crippen LogP contribution in [-0.2, 0) is 33.2 Å². The SMILES string of the molecule is OC[C@H]1O[C@@H](O[C@H]2O[C@H](CO)[C@@H](O[C@H]3O[C@H](CO)[C@@H](O[C@H]4O[C@H](CO)[C@@H](O)[C@H](O)[C@H]4O)[C@H](O)[C@H]3O)[C@H](O)[C@H]2O)[C@H](O)[C@@H](O)[C@@H]1O. The van der Waals surface area contributed by atoms with Crippen LogP contribution in [0.3, 0.4) is 0 Å². The van der Waals surface area contributed by atoms with Crippen LogP contribution < -0.4 is 0 Å². The molecular weight excluding hydrogens is 624 g/mol. The molecule has 4 aliphatic heterocycles. The zero-order valence-electron chi connectivity index (χ0n) is 23.5. The zero-order valence-corrected chi connectivity index (χ0v) is 23.5. The van der Waals surface area contributed by atoms with E-state index < -0.39 is 149 Å². The minimum absolute atomic E-state index is 0.782. The van der Waals surface area contributed by atoms with E-state index in [0.29, 0.717) is 0 Å². The molecule has 14 N–H and O–H groups in total. The van der Waals surface area contributed by atoms with Crippen molar-refractivity contribution in [3.8, 4) is 0 Å². The summed E-state index contributed by atoms with van der Waals surface area (Å²) in [5.74, 6) is 0. The molecule has 0 aliphatic carbocycles. The quantitative estimate of drug-likeness (QED) is 0.103. The van der Waals surface area contributed by atoms with Crippen LogP contribution in [0.2, 0.25) is 0 Å². The van der Waals surface area contributed by atoms with E-state index in [1.165, 1.54) is 0 Å². The Morgan fingerprint density at radius 1 is 0.311 bits per heavy atom. The molecule has 0 aromatic rings. The lowest BCUT2D eigenvalue weighted by Gasteiger charge is -2.48.